The third-order valence-corrected chi connectivity index (χ3v) is 3.85. The number of fused-ring (bicyclic) bond motifs is 1. The van der Waals surface area contributed by atoms with E-state index in [-0.39, 0.29) is 11.3 Å². The number of halogens is 1. The van der Waals surface area contributed by atoms with Gasteiger partial charge in [-0.1, -0.05) is 18.2 Å². The maximum Gasteiger partial charge on any atom is 0.253 e. The zero-order chi connectivity index (χ0) is 14.0. The van der Waals surface area contributed by atoms with E-state index >= 15 is 0 Å². The van der Waals surface area contributed by atoms with Crippen LogP contribution in [0.3, 0.4) is 0 Å². The number of benzene rings is 1. The summed E-state index contributed by atoms with van der Waals surface area (Å²) in [5, 5.41) is 3.74. The lowest BCUT2D eigenvalue weighted by Crippen LogP contribution is -2.49. The molecule has 0 aliphatic heterocycles. The first-order chi connectivity index (χ1) is 8.92. The first-order valence-corrected chi connectivity index (χ1v) is 6.66. The Bertz CT molecular complexity index is 603. The molecule has 1 atom stereocenters. The zero-order valence-corrected chi connectivity index (χ0v) is 12.0. The molecule has 2 rings (SSSR count). The number of carbonyl (C=O) groups excluding carboxylic acids is 1. The standard InChI is InChI=1S/C15H17ClN2O/c1-10(16)15(2,3)18-14(19)12-8-4-6-11-7-5-9-17-13(11)12/h4-10H,1-3H3,(H,18,19). The number of amides is 1. The highest BCUT2D eigenvalue weighted by Crippen LogP contribution is 2.19. The van der Waals surface area contributed by atoms with Crippen LogP contribution in [-0.2, 0) is 0 Å². The van der Waals surface area contributed by atoms with E-state index < -0.39 is 5.54 Å². The van der Waals surface area contributed by atoms with Crippen LogP contribution in [0.1, 0.15) is 31.1 Å². The first-order valence-electron chi connectivity index (χ1n) is 6.22. The Hall–Kier alpha value is -1.61. The fourth-order valence-corrected chi connectivity index (χ4v) is 1.80. The zero-order valence-electron chi connectivity index (χ0n) is 11.3. The summed E-state index contributed by atoms with van der Waals surface area (Å²) in [6, 6.07) is 9.37. The van der Waals surface area contributed by atoms with Gasteiger partial charge in [0.2, 0.25) is 0 Å². The van der Waals surface area contributed by atoms with E-state index in [0.29, 0.717) is 11.1 Å². The van der Waals surface area contributed by atoms with Crippen molar-refractivity contribution in [2.45, 2.75) is 31.7 Å². The number of pyridine rings is 1. The van der Waals surface area contributed by atoms with Crippen molar-refractivity contribution in [3.63, 3.8) is 0 Å². The average Bonchev–Trinajstić information content (AvgIpc) is 2.37. The number of aromatic nitrogens is 1. The summed E-state index contributed by atoms with van der Waals surface area (Å²) in [7, 11) is 0. The van der Waals surface area contributed by atoms with Gasteiger partial charge in [0.15, 0.2) is 0 Å². The highest BCUT2D eigenvalue weighted by molar-refractivity contribution is 6.21. The Morgan fingerprint density at radius 3 is 2.68 bits per heavy atom. The molecule has 0 radical (unpaired) electrons. The summed E-state index contributed by atoms with van der Waals surface area (Å²) in [4.78, 5) is 16.7. The Kier molecular flexibility index (Phi) is 3.76. The van der Waals surface area contributed by atoms with E-state index in [9.17, 15) is 4.79 Å². The molecular weight excluding hydrogens is 260 g/mol. The smallest absolute Gasteiger partial charge is 0.253 e. The molecule has 0 saturated carbocycles. The van der Waals surface area contributed by atoms with Crippen molar-refractivity contribution in [2.24, 2.45) is 0 Å². The highest BCUT2D eigenvalue weighted by Gasteiger charge is 2.27. The predicted molar refractivity (Wildman–Crippen MR) is 78.6 cm³/mol. The van der Waals surface area contributed by atoms with Crippen molar-refractivity contribution in [2.75, 3.05) is 0 Å². The van der Waals surface area contributed by atoms with Crippen LogP contribution >= 0.6 is 11.6 Å². The Morgan fingerprint density at radius 2 is 2.00 bits per heavy atom. The van der Waals surface area contributed by atoms with Gasteiger partial charge in [0.25, 0.3) is 5.91 Å². The van der Waals surface area contributed by atoms with Crippen molar-refractivity contribution >= 4 is 28.4 Å². The van der Waals surface area contributed by atoms with Gasteiger partial charge in [-0.05, 0) is 32.9 Å². The van der Waals surface area contributed by atoms with E-state index in [1.54, 1.807) is 12.3 Å². The Morgan fingerprint density at radius 1 is 1.32 bits per heavy atom. The SMILES string of the molecule is CC(Cl)C(C)(C)NC(=O)c1cccc2cccnc12. The lowest BCUT2D eigenvalue weighted by atomic mass is 10.00. The highest BCUT2D eigenvalue weighted by atomic mass is 35.5. The molecule has 0 aliphatic rings. The minimum absolute atomic E-state index is 0.151. The molecule has 100 valence electrons. The van der Waals surface area contributed by atoms with Gasteiger partial charge in [-0.15, -0.1) is 11.6 Å². The van der Waals surface area contributed by atoms with Crippen LogP contribution in [0.15, 0.2) is 36.5 Å². The van der Waals surface area contributed by atoms with Crippen LogP contribution in [0.5, 0.6) is 0 Å². The maximum absolute atomic E-state index is 12.4. The summed E-state index contributed by atoms with van der Waals surface area (Å²) < 4.78 is 0. The van der Waals surface area contributed by atoms with E-state index in [4.69, 9.17) is 11.6 Å². The molecule has 0 spiro atoms. The molecule has 2 aromatic rings. The number of para-hydroxylation sites is 1. The summed E-state index contributed by atoms with van der Waals surface area (Å²) in [6.45, 7) is 5.67. The lowest BCUT2D eigenvalue weighted by Gasteiger charge is -2.29. The number of nitrogens with one attached hydrogen (secondary N) is 1. The van der Waals surface area contributed by atoms with Crippen LogP contribution in [-0.4, -0.2) is 21.8 Å². The summed E-state index contributed by atoms with van der Waals surface area (Å²) in [5.41, 5.74) is 0.805. The fourth-order valence-electron chi connectivity index (χ4n) is 1.75. The third-order valence-electron chi connectivity index (χ3n) is 3.31. The van der Waals surface area contributed by atoms with Gasteiger partial charge in [-0.2, -0.15) is 0 Å². The molecule has 1 aromatic carbocycles. The molecule has 0 saturated heterocycles. The van der Waals surface area contributed by atoms with E-state index in [1.165, 1.54) is 0 Å². The van der Waals surface area contributed by atoms with E-state index in [2.05, 4.69) is 10.3 Å². The number of alkyl halides is 1. The van der Waals surface area contributed by atoms with Gasteiger partial charge in [0, 0.05) is 11.6 Å². The van der Waals surface area contributed by atoms with E-state index in [0.717, 1.165) is 5.39 Å². The number of hydrogen-bond donors (Lipinski definition) is 1. The number of carbonyl (C=O) groups is 1. The molecule has 1 amide bonds. The molecule has 0 aliphatic carbocycles. The molecule has 0 fully saturated rings. The monoisotopic (exact) mass is 276 g/mol. The second-order valence-electron chi connectivity index (χ2n) is 5.17. The van der Waals surface area contributed by atoms with Crippen LogP contribution in [0.25, 0.3) is 10.9 Å². The van der Waals surface area contributed by atoms with Gasteiger partial charge < -0.3 is 5.32 Å². The largest absolute Gasteiger partial charge is 0.346 e. The second-order valence-corrected chi connectivity index (χ2v) is 5.83. The summed E-state index contributed by atoms with van der Waals surface area (Å²) in [6.07, 6.45) is 1.69. The second kappa shape index (κ2) is 5.17. The molecule has 1 heterocycles. The van der Waals surface area contributed by atoms with Crippen molar-refractivity contribution in [1.29, 1.82) is 0 Å². The Labute approximate surface area is 118 Å². The van der Waals surface area contributed by atoms with Crippen LogP contribution in [0, 0.1) is 0 Å². The number of rotatable bonds is 3. The number of hydrogen-bond acceptors (Lipinski definition) is 2. The molecule has 4 heteroatoms. The number of nitrogens with zero attached hydrogens (tertiary/aromatic N) is 1. The maximum atomic E-state index is 12.4. The summed E-state index contributed by atoms with van der Waals surface area (Å²) in [5.74, 6) is -0.151. The van der Waals surface area contributed by atoms with E-state index in [1.807, 2.05) is 45.0 Å². The minimum atomic E-state index is -0.477. The van der Waals surface area contributed by atoms with Gasteiger partial charge in [0.1, 0.15) is 0 Å². The molecule has 0 bridgehead atoms. The molecule has 19 heavy (non-hydrogen) atoms. The van der Waals surface area contributed by atoms with Crippen molar-refractivity contribution in [1.82, 2.24) is 10.3 Å². The van der Waals surface area contributed by atoms with Crippen molar-refractivity contribution in [3.05, 3.63) is 42.1 Å². The van der Waals surface area contributed by atoms with Crippen LogP contribution < -0.4 is 5.32 Å². The minimum Gasteiger partial charge on any atom is -0.346 e. The lowest BCUT2D eigenvalue weighted by molar-refractivity contribution is 0.0914. The summed E-state index contributed by atoms with van der Waals surface area (Å²) >= 11 is 6.09. The van der Waals surface area contributed by atoms with Gasteiger partial charge in [0.05, 0.1) is 22.0 Å². The molecule has 1 aromatic heterocycles. The van der Waals surface area contributed by atoms with Crippen molar-refractivity contribution < 1.29 is 4.79 Å². The normalized spacial score (nSPS) is 13.3. The molecular formula is C15H17ClN2O. The molecule has 1 N–H and O–H groups in total. The van der Waals surface area contributed by atoms with Gasteiger partial charge in [-0.25, -0.2) is 0 Å². The fraction of sp³-hybridized carbons (Fsp3) is 0.333. The van der Waals surface area contributed by atoms with Crippen molar-refractivity contribution in [3.8, 4) is 0 Å². The van der Waals surface area contributed by atoms with Gasteiger partial charge in [-0.3, -0.25) is 9.78 Å². The Balaban J connectivity index is 2.37. The molecule has 1 unspecified atom stereocenters. The van der Waals surface area contributed by atoms with Crippen LogP contribution in [0.2, 0.25) is 0 Å². The topological polar surface area (TPSA) is 42.0 Å². The molecule has 3 nitrogen and oxygen atoms in total. The quantitative estimate of drug-likeness (QED) is 0.874. The van der Waals surface area contributed by atoms with Crippen LogP contribution in [0.4, 0.5) is 0 Å². The third kappa shape index (κ3) is 2.87. The first kappa shape index (κ1) is 13.8. The predicted octanol–water partition coefficient (Wildman–Crippen LogP) is 3.37. The average molecular weight is 277 g/mol. The van der Waals surface area contributed by atoms with Gasteiger partial charge >= 0.3 is 0 Å².